The van der Waals surface area contributed by atoms with Gasteiger partial charge in [0.25, 0.3) is 5.91 Å². The van der Waals surface area contributed by atoms with Crippen LogP contribution >= 0.6 is 11.6 Å². The molecule has 0 aliphatic heterocycles. The van der Waals surface area contributed by atoms with Crippen molar-refractivity contribution in [2.45, 2.75) is 37.6 Å². The Bertz CT molecular complexity index is 1110. The molecule has 0 saturated heterocycles. The number of aromatic nitrogens is 2. The highest BCUT2D eigenvalue weighted by molar-refractivity contribution is 6.30. The van der Waals surface area contributed by atoms with Gasteiger partial charge in [-0.3, -0.25) is 4.79 Å². The fourth-order valence-electron chi connectivity index (χ4n) is 4.60. The van der Waals surface area contributed by atoms with Crippen LogP contribution in [0.15, 0.2) is 42.5 Å². The maximum atomic E-state index is 14.4. The first-order valence-corrected chi connectivity index (χ1v) is 10.00. The molecule has 1 fully saturated rings. The SMILES string of the molecule is O=C(NCc1ccc(Cl)cc1)c1nn(-c2ccc(F)cc2F)c2c1C1CCC2C1. The largest absolute Gasteiger partial charge is 0.347 e. The topological polar surface area (TPSA) is 46.9 Å². The third kappa shape index (κ3) is 3.12. The zero-order valence-corrected chi connectivity index (χ0v) is 16.2. The van der Waals surface area contributed by atoms with Crippen LogP contribution in [-0.2, 0) is 6.54 Å². The zero-order chi connectivity index (χ0) is 20.1. The first-order valence-electron chi connectivity index (χ1n) is 9.62. The Morgan fingerprint density at radius 3 is 2.66 bits per heavy atom. The second-order valence-electron chi connectivity index (χ2n) is 7.67. The van der Waals surface area contributed by atoms with Crippen molar-refractivity contribution in [2.75, 3.05) is 0 Å². The van der Waals surface area contributed by atoms with Crippen LogP contribution in [0.1, 0.15) is 58.4 Å². The molecule has 1 heterocycles. The van der Waals surface area contributed by atoms with Gasteiger partial charge in [0.1, 0.15) is 11.5 Å². The number of nitrogens with zero attached hydrogens (tertiary/aromatic N) is 2. The van der Waals surface area contributed by atoms with Crippen LogP contribution in [0.25, 0.3) is 5.69 Å². The van der Waals surface area contributed by atoms with E-state index in [1.807, 2.05) is 12.1 Å². The minimum Gasteiger partial charge on any atom is -0.347 e. The van der Waals surface area contributed by atoms with Crippen LogP contribution in [0.5, 0.6) is 0 Å². The van der Waals surface area contributed by atoms with E-state index in [4.69, 9.17) is 11.6 Å². The van der Waals surface area contributed by atoms with Gasteiger partial charge in [0.15, 0.2) is 11.5 Å². The lowest BCUT2D eigenvalue weighted by molar-refractivity contribution is 0.0944. The molecule has 2 aliphatic carbocycles. The summed E-state index contributed by atoms with van der Waals surface area (Å²) in [6.45, 7) is 0.344. The molecule has 4 nitrogen and oxygen atoms in total. The maximum absolute atomic E-state index is 14.4. The fourth-order valence-corrected chi connectivity index (χ4v) is 4.73. The summed E-state index contributed by atoms with van der Waals surface area (Å²) in [5.74, 6) is -1.10. The second-order valence-corrected chi connectivity index (χ2v) is 8.11. The van der Waals surface area contributed by atoms with E-state index in [-0.39, 0.29) is 23.4 Å². The minimum absolute atomic E-state index is 0.173. The van der Waals surface area contributed by atoms with E-state index in [0.29, 0.717) is 17.3 Å². The Kier molecular flexibility index (Phi) is 4.39. The predicted octanol–water partition coefficient (Wildman–Crippen LogP) is 5.10. The second kappa shape index (κ2) is 6.95. The van der Waals surface area contributed by atoms with Gasteiger partial charge in [-0.2, -0.15) is 5.10 Å². The summed E-state index contributed by atoms with van der Waals surface area (Å²) in [6, 6.07) is 10.7. The number of nitrogens with one attached hydrogen (secondary N) is 1. The Morgan fingerprint density at radius 2 is 1.90 bits per heavy atom. The average Bonchev–Trinajstić information content (AvgIpc) is 3.40. The molecule has 1 amide bonds. The summed E-state index contributed by atoms with van der Waals surface area (Å²) in [5, 5.41) is 8.01. The van der Waals surface area contributed by atoms with Crippen molar-refractivity contribution < 1.29 is 13.6 Å². The first-order chi connectivity index (χ1) is 14.0. The summed E-state index contributed by atoms with van der Waals surface area (Å²) in [4.78, 5) is 12.9. The van der Waals surface area contributed by atoms with E-state index in [9.17, 15) is 13.6 Å². The molecule has 5 rings (SSSR count). The normalized spacial score (nSPS) is 19.4. The third-order valence-electron chi connectivity index (χ3n) is 5.91. The zero-order valence-electron chi connectivity index (χ0n) is 15.5. The van der Waals surface area contributed by atoms with E-state index < -0.39 is 11.6 Å². The molecular formula is C22H18ClF2N3O. The van der Waals surface area contributed by atoms with Crippen molar-refractivity contribution in [3.8, 4) is 5.69 Å². The summed E-state index contributed by atoms with van der Waals surface area (Å²) in [6.07, 6.45) is 2.96. The van der Waals surface area contributed by atoms with Crippen molar-refractivity contribution in [1.29, 1.82) is 0 Å². The van der Waals surface area contributed by atoms with Gasteiger partial charge in [-0.05, 0) is 55.0 Å². The number of fused-ring (bicyclic) bond motifs is 5. The van der Waals surface area contributed by atoms with E-state index in [1.165, 1.54) is 16.8 Å². The van der Waals surface area contributed by atoms with Gasteiger partial charge in [-0.1, -0.05) is 23.7 Å². The number of amides is 1. The minimum atomic E-state index is -0.689. The Labute approximate surface area is 171 Å². The van der Waals surface area contributed by atoms with Crippen molar-refractivity contribution >= 4 is 17.5 Å². The molecule has 2 unspecified atom stereocenters. The number of carbonyl (C=O) groups excluding carboxylic acids is 1. The number of rotatable bonds is 4. The molecule has 1 saturated carbocycles. The van der Waals surface area contributed by atoms with Crippen LogP contribution in [0.3, 0.4) is 0 Å². The Hall–Kier alpha value is -2.73. The molecule has 2 aromatic carbocycles. The molecule has 0 spiro atoms. The smallest absolute Gasteiger partial charge is 0.272 e. The molecule has 2 bridgehead atoms. The number of hydrogen-bond donors (Lipinski definition) is 1. The van der Waals surface area contributed by atoms with E-state index in [0.717, 1.165) is 42.1 Å². The molecule has 7 heteroatoms. The van der Waals surface area contributed by atoms with Gasteiger partial charge < -0.3 is 5.32 Å². The highest BCUT2D eigenvalue weighted by Crippen LogP contribution is 2.54. The van der Waals surface area contributed by atoms with Crippen LogP contribution < -0.4 is 5.32 Å². The van der Waals surface area contributed by atoms with Crippen molar-refractivity contribution in [1.82, 2.24) is 15.1 Å². The van der Waals surface area contributed by atoms with Crippen LogP contribution in [0.2, 0.25) is 5.02 Å². The van der Waals surface area contributed by atoms with Gasteiger partial charge in [0.05, 0.1) is 5.69 Å². The monoisotopic (exact) mass is 413 g/mol. The van der Waals surface area contributed by atoms with E-state index in [2.05, 4.69) is 10.4 Å². The molecule has 2 aliphatic rings. The quantitative estimate of drug-likeness (QED) is 0.647. The number of benzene rings is 2. The number of halogens is 3. The lowest BCUT2D eigenvalue weighted by Crippen LogP contribution is -2.24. The summed E-state index contributed by atoms with van der Waals surface area (Å²) in [5.41, 5.74) is 3.24. The molecule has 0 radical (unpaired) electrons. The molecule has 1 aromatic heterocycles. The van der Waals surface area contributed by atoms with Crippen molar-refractivity contribution in [2.24, 2.45) is 0 Å². The highest BCUT2D eigenvalue weighted by Gasteiger charge is 2.44. The fraction of sp³-hybridized carbons (Fsp3) is 0.273. The van der Waals surface area contributed by atoms with Gasteiger partial charge >= 0.3 is 0 Å². The standard InChI is InChI=1S/C22H18ClF2N3O/c23-15-5-1-12(2-6-15)11-26-22(29)20-19-13-3-4-14(9-13)21(19)28(27-20)18-8-7-16(24)10-17(18)25/h1-2,5-8,10,13-14H,3-4,9,11H2,(H,26,29). The molecule has 2 atom stereocenters. The van der Waals surface area contributed by atoms with E-state index in [1.54, 1.807) is 12.1 Å². The van der Waals surface area contributed by atoms with Crippen LogP contribution in [-0.4, -0.2) is 15.7 Å². The van der Waals surface area contributed by atoms with Crippen molar-refractivity contribution in [3.05, 3.63) is 81.6 Å². The van der Waals surface area contributed by atoms with Crippen molar-refractivity contribution in [3.63, 3.8) is 0 Å². The van der Waals surface area contributed by atoms with E-state index >= 15 is 0 Å². The molecule has 148 valence electrons. The summed E-state index contributed by atoms with van der Waals surface area (Å²) >= 11 is 5.90. The highest BCUT2D eigenvalue weighted by atomic mass is 35.5. The van der Waals surface area contributed by atoms with Gasteiger partial charge in [-0.25, -0.2) is 13.5 Å². The van der Waals surface area contributed by atoms with Gasteiger partial charge in [0, 0.05) is 29.1 Å². The number of carbonyl (C=O) groups is 1. The maximum Gasteiger partial charge on any atom is 0.272 e. The molecule has 29 heavy (non-hydrogen) atoms. The lowest BCUT2D eigenvalue weighted by atomic mass is 9.95. The lowest BCUT2D eigenvalue weighted by Gasteiger charge is -2.14. The third-order valence-corrected chi connectivity index (χ3v) is 6.16. The average molecular weight is 414 g/mol. The molecular weight excluding hydrogens is 396 g/mol. The Balaban J connectivity index is 1.50. The van der Waals surface area contributed by atoms with Crippen LogP contribution in [0.4, 0.5) is 8.78 Å². The first kappa shape index (κ1) is 18.3. The Morgan fingerprint density at radius 1 is 1.14 bits per heavy atom. The van der Waals surface area contributed by atoms with Gasteiger partial charge in [-0.15, -0.1) is 0 Å². The van der Waals surface area contributed by atoms with Crippen LogP contribution in [0, 0.1) is 11.6 Å². The number of hydrogen-bond acceptors (Lipinski definition) is 2. The molecule has 1 N–H and O–H groups in total. The summed E-state index contributed by atoms with van der Waals surface area (Å²) in [7, 11) is 0. The summed E-state index contributed by atoms with van der Waals surface area (Å²) < 4.78 is 29.3. The van der Waals surface area contributed by atoms with Gasteiger partial charge in [0.2, 0.25) is 0 Å². The molecule has 3 aromatic rings. The predicted molar refractivity (Wildman–Crippen MR) is 105 cm³/mol.